The van der Waals surface area contributed by atoms with Crippen LogP contribution < -0.4 is 0 Å². The van der Waals surface area contributed by atoms with Gasteiger partial charge in [0.1, 0.15) is 0 Å². The van der Waals surface area contributed by atoms with Crippen molar-refractivity contribution in [3.05, 3.63) is 70.2 Å². The Morgan fingerprint density at radius 2 is 1.27 bits per heavy atom. The van der Waals surface area contributed by atoms with Crippen LogP contribution in [0.3, 0.4) is 0 Å². The fourth-order valence-electron chi connectivity index (χ4n) is 0.952. The molecular weight excluding hydrogens is 227 g/mol. The Morgan fingerprint density at radius 3 is 1.60 bits per heavy atom. The third kappa shape index (κ3) is 4.87. The fourth-order valence-corrected chi connectivity index (χ4v) is 1.36. The standard InChI is InChI=1S/C7H6Cl2.C6H6/c1-5-2-3-6(8)4-7(5)9;1-2-4-6-5-3-1/h2-4H,1H3;1-6H. The summed E-state index contributed by atoms with van der Waals surface area (Å²) in [5.74, 6) is 0. The van der Waals surface area contributed by atoms with Crippen LogP contribution >= 0.6 is 23.2 Å². The van der Waals surface area contributed by atoms with Gasteiger partial charge in [-0.25, -0.2) is 0 Å². The Hall–Kier alpha value is -0.980. The average molecular weight is 239 g/mol. The van der Waals surface area contributed by atoms with Gasteiger partial charge in [-0.3, -0.25) is 0 Å². The molecule has 0 aromatic heterocycles. The maximum Gasteiger partial charge on any atom is 0.0449 e. The van der Waals surface area contributed by atoms with Gasteiger partial charge in [-0.2, -0.15) is 0 Å². The van der Waals surface area contributed by atoms with Crippen molar-refractivity contribution in [2.75, 3.05) is 0 Å². The van der Waals surface area contributed by atoms with Crippen LogP contribution in [0.2, 0.25) is 10.0 Å². The highest BCUT2D eigenvalue weighted by Crippen LogP contribution is 2.19. The van der Waals surface area contributed by atoms with E-state index in [0.29, 0.717) is 5.02 Å². The van der Waals surface area contributed by atoms with E-state index < -0.39 is 0 Å². The average Bonchev–Trinajstić information content (AvgIpc) is 2.27. The minimum atomic E-state index is 0.686. The first-order valence-corrected chi connectivity index (χ1v) is 5.37. The van der Waals surface area contributed by atoms with E-state index in [4.69, 9.17) is 23.2 Å². The highest BCUT2D eigenvalue weighted by molar-refractivity contribution is 6.35. The molecule has 0 aliphatic heterocycles. The summed E-state index contributed by atoms with van der Waals surface area (Å²) in [5, 5.41) is 1.41. The third-order valence-corrected chi connectivity index (χ3v) is 2.44. The van der Waals surface area contributed by atoms with Crippen molar-refractivity contribution in [1.82, 2.24) is 0 Å². The Morgan fingerprint density at radius 1 is 0.800 bits per heavy atom. The molecule has 2 aromatic rings. The molecule has 0 spiro atoms. The molecule has 0 N–H and O–H groups in total. The summed E-state index contributed by atoms with van der Waals surface area (Å²) in [6, 6.07) is 17.5. The molecule has 0 saturated heterocycles. The molecule has 2 rings (SSSR count). The molecule has 0 nitrogen and oxygen atoms in total. The lowest BCUT2D eigenvalue weighted by Crippen LogP contribution is -1.71. The monoisotopic (exact) mass is 238 g/mol. The van der Waals surface area contributed by atoms with Gasteiger partial charge in [0.2, 0.25) is 0 Å². The highest BCUT2D eigenvalue weighted by atomic mass is 35.5. The molecule has 0 unspecified atom stereocenters. The second kappa shape index (κ2) is 6.49. The Bertz CT molecular complexity index is 370. The van der Waals surface area contributed by atoms with Crippen LogP contribution in [0.25, 0.3) is 0 Å². The van der Waals surface area contributed by atoms with Gasteiger partial charge in [0, 0.05) is 10.0 Å². The highest BCUT2D eigenvalue weighted by Gasteiger charge is 1.92. The summed E-state index contributed by atoms with van der Waals surface area (Å²) in [6.07, 6.45) is 0. The quantitative estimate of drug-likeness (QED) is 0.607. The van der Waals surface area contributed by atoms with Crippen LogP contribution in [0.1, 0.15) is 5.56 Å². The van der Waals surface area contributed by atoms with Gasteiger partial charge in [-0.15, -0.1) is 0 Å². The summed E-state index contributed by atoms with van der Waals surface area (Å²) in [5.41, 5.74) is 1.06. The van der Waals surface area contributed by atoms with E-state index in [1.54, 1.807) is 6.07 Å². The second-order valence-electron chi connectivity index (χ2n) is 3.05. The first kappa shape index (κ1) is 12.1. The summed E-state index contributed by atoms with van der Waals surface area (Å²) in [7, 11) is 0. The molecule has 0 atom stereocenters. The van der Waals surface area contributed by atoms with Crippen molar-refractivity contribution < 1.29 is 0 Å². The lowest BCUT2D eigenvalue weighted by Gasteiger charge is -1.94. The number of halogens is 2. The maximum atomic E-state index is 5.73. The van der Waals surface area contributed by atoms with Gasteiger partial charge < -0.3 is 0 Å². The molecule has 0 amide bonds. The third-order valence-electron chi connectivity index (χ3n) is 1.80. The van der Waals surface area contributed by atoms with Crippen molar-refractivity contribution in [3.63, 3.8) is 0 Å². The molecule has 0 heterocycles. The first-order chi connectivity index (χ1) is 7.20. The zero-order chi connectivity index (χ0) is 11.1. The van der Waals surface area contributed by atoms with Crippen molar-refractivity contribution >= 4 is 23.2 Å². The van der Waals surface area contributed by atoms with Crippen LogP contribution in [0, 0.1) is 6.92 Å². The van der Waals surface area contributed by atoms with Gasteiger partial charge >= 0.3 is 0 Å². The summed E-state index contributed by atoms with van der Waals surface area (Å²) in [6.45, 7) is 1.94. The molecule has 0 bridgehead atoms. The van der Waals surface area contributed by atoms with E-state index in [2.05, 4.69) is 0 Å². The molecular formula is C13H12Cl2. The number of benzene rings is 2. The van der Waals surface area contributed by atoms with Gasteiger partial charge in [0.05, 0.1) is 0 Å². The molecule has 0 aliphatic rings. The SMILES string of the molecule is Cc1ccc(Cl)cc1Cl.c1ccccc1. The molecule has 2 aromatic carbocycles. The van der Waals surface area contributed by atoms with Gasteiger partial charge in [0.15, 0.2) is 0 Å². The van der Waals surface area contributed by atoms with Crippen LogP contribution in [0.15, 0.2) is 54.6 Å². The summed E-state index contributed by atoms with van der Waals surface area (Å²) < 4.78 is 0. The molecule has 0 aliphatic carbocycles. The second-order valence-corrected chi connectivity index (χ2v) is 3.89. The molecule has 0 saturated carbocycles. The minimum absolute atomic E-state index is 0.686. The van der Waals surface area contributed by atoms with E-state index in [1.807, 2.05) is 55.5 Å². The Labute approximate surface area is 100 Å². The van der Waals surface area contributed by atoms with Crippen LogP contribution in [-0.2, 0) is 0 Å². The Balaban J connectivity index is 0.000000162. The molecule has 15 heavy (non-hydrogen) atoms. The smallest absolute Gasteiger partial charge is 0.0449 e. The fraction of sp³-hybridized carbons (Fsp3) is 0.0769. The molecule has 0 fully saturated rings. The van der Waals surface area contributed by atoms with Crippen molar-refractivity contribution in [2.45, 2.75) is 6.92 Å². The van der Waals surface area contributed by atoms with Crippen molar-refractivity contribution in [3.8, 4) is 0 Å². The van der Waals surface area contributed by atoms with Gasteiger partial charge in [0.25, 0.3) is 0 Å². The van der Waals surface area contributed by atoms with Crippen LogP contribution in [-0.4, -0.2) is 0 Å². The zero-order valence-electron chi connectivity index (χ0n) is 8.45. The normalized spacial score (nSPS) is 9.00. The predicted octanol–water partition coefficient (Wildman–Crippen LogP) is 4.99. The van der Waals surface area contributed by atoms with Gasteiger partial charge in [-0.05, 0) is 24.6 Å². The number of hydrogen-bond acceptors (Lipinski definition) is 0. The van der Waals surface area contributed by atoms with Crippen LogP contribution in [0.5, 0.6) is 0 Å². The molecule has 78 valence electrons. The van der Waals surface area contributed by atoms with Crippen molar-refractivity contribution in [1.29, 1.82) is 0 Å². The van der Waals surface area contributed by atoms with Gasteiger partial charge in [-0.1, -0.05) is 65.7 Å². The predicted molar refractivity (Wildman–Crippen MR) is 67.6 cm³/mol. The van der Waals surface area contributed by atoms with Crippen LogP contribution in [0.4, 0.5) is 0 Å². The van der Waals surface area contributed by atoms with Crippen molar-refractivity contribution in [2.24, 2.45) is 0 Å². The first-order valence-electron chi connectivity index (χ1n) is 4.62. The van der Waals surface area contributed by atoms with E-state index in [1.165, 1.54) is 0 Å². The van der Waals surface area contributed by atoms with E-state index in [-0.39, 0.29) is 0 Å². The largest absolute Gasteiger partial charge is 0.0843 e. The topological polar surface area (TPSA) is 0 Å². The number of aryl methyl sites for hydroxylation is 1. The lowest BCUT2D eigenvalue weighted by molar-refractivity contribution is 1.47. The molecule has 2 heteroatoms. The van der Waals surface area contributed by atoms with E-state index in [0.717, 1.165) is 10.6 Å². The minimum Gasteiger partial charge on any atom is -0.0843 e. The summed E-state index contributed by atoms with van der Waals surface area (Å²) >= 11 is 11.4. The maximum absolute atomic E-state index is 5.73. The Kier molecular flexibility index (Phi) is 5.23. The number of rotatable bonds is 0. The zero-order valence-corrected chi connectivity index (χ0v) is 9.96. The molecule has 0 radical (unpaired) electrons. The van der Waals surface area contributed by atoms with E-state index >= 15 is 0 Å². The number of hydrogen-bond donors (Lipinski definition) is 0. The lowest BCUT2D eigenvalue weighted by atomic mass is 10.2. The summed E-state index contributed by atoms with van der Waals surface area (Å²) in [4.78, 5) is 0. The van der Waals surface area contributed by atoms with E-state index in [9.17, 15) is 0 Å².